The minimum atomic E-state index is -0.393. The molecule has 3 aromatic rings. The molecule has 0 amide bonds. The zero-order chi connectivity index (χ0) is 16.2. The molecule has 0 saturated heterocycles. The van der Waals surface area contributed by atoms with Crippen LogP contribution >= 0.6 is 0 Å². The van der Waals surface area contributed by atoms with E-state index in [0.29, 0.717) is 6.61 Å². The van der Waals surface area contributed by atoms with Crippen molar-refractivity contribution < 1.29 is 9.53 Å². The summed E-state index contributed by atoms with van der Waals surface area (Å²) in [7, 11) is 0. The van der Waals surface area contributed by atoms with Gasteiger partial charge in [0.05, 0.1) is 30.4 Å². The summed E-state index contributed by atoms with van der Waals surface area (Å²) in [5.74, 6) is -0.282. The van der Waals surface area contributed by atoms with E-state index in [4.69, 9.17) is 10.5 Å². The highest BCUT2D eigenvalue weighted by Crippen LogP contribution is 2.22. The van der Waals surface area contributed by atoms with Crippen molar-refractivity contribution in [2.24, 2.45) is 5.73 Å². The molecule has 1 atom stereocenters. The average molecular weight is 309 g/mol. The van der Waals surface area contributed by atoms with Gasteiger partial charge in [0.25, 0.3) is 0 Å². The van der Waals surface area contributed by atoms with Crippen LogP contribution in [0.2, 0.25) is 0 Å². The molecule has 3 rings (SSSR count). The highest BCUT2D eigenvalue weighted by Gasteiger charge is 2.14. The molecule has 1 aromatic heterocycles. The minimum absolute atomic E-state index is 0.164. The first-order valence-electron chi connectivity index (χ1n) is 7.63. The molecule has 5 nitrogen and oxygen atoms in total. The first kappa shape index (κ1) is 15.2. The Morgan fingerprint density at radius 1 is 1.26 bits per heavy atom. The molecule has 0 bridgehead atoms. The Balaban J connectivity index is 1.89. The van der Waals surface area contributed by atoms with Crippen LogP contribution < -0.4 is 5.73 Å². The molecule has 1 unspecified atom stereocenters. The highest BCUT2D eigenvalue weighted by molar-refractivity contribution is 5.80. The Kier molecular flexibility index (Phi) is 4.39. The maximum atomic E-state index is 11.6. The third-order valence-electron chi connectivity index (χ3n) is 3.71. The maximum Gasteiger partial charge on any atom is 0.307 e. The van der Waals surface area contributed by atoms with E-state index in [1.807, 2.05) is 59.4 Å². The average Bonchev–Trinajstić information content (AvgIpc) is 2.99. The number of hydrogen-bond donors (Lipinski definition) is 1. The molecular weight excluding hydrogens is 290 g/mol. The van der Waals surface area contributed by atoms with Crippen LogP contribution in [-0.4, -0.2) is 22.4 Å². The van der Waals surface area contributed by atoms with Gasteiger partial charge in [-0.05, 0) is 30.7 Å². The number of esters is 1. The summed E-state index contributed by atoms with van der Waals surface area (Å²) in [5.41, 5.74) is 8.97. The number of aromatic nitrogens is 2. The summed E-state index contributed by atoms with van der Waals surface area (Å²) in [6.07, 6.45) is 2.00. The molecule has 23 heavy (non-hydrogen) atoms. The van der Waals surface area contributed by atoms with Crippen LogP contribution in [0.3, 0.4) is 0 Å². The van der Waals surface area contributed by atoms with Gasteiger partial charge in [0.15, 0.2) is 0 Å². The summed E-state index contributed by atoms with van der Waals surface area (Å²) in [4.78, 5) is 11.6. The van der Waals surface area contributed by atoms with Gasteiger partial charge in [-0.2, -0.15) is 5.10 Å². The van der Waals surface area contributed by atoms with Gasteiger partial charge in [0.2, 0.25) is 0 Å². The number of para-hydroxylation sites is 1. The van der Waals surface area contributed by atoms with Crippen molar-refractivity contribution in [3.05, 3.63) is 60.3 Å². The molecule has 5 heteroatoms. The van der Waals surface area contributed by atoms with E-state index >= 15 is 0 Å². The molecule has 2 aromatic carbocycles. The quantitative estimate of drug-likeness (QED) is 0.736. The van der Waals surface area contributed by atoms with E-state index in [0.717, 1.165) is 22.2 Å². The van der Waals surface area contributed by atoms with Crippen LogP contribution in [-0.2, 0) is 9.53 Å². The van der Waals surface area contributed by atoms with Crippen LogP contribution in [0.25, 0.3) is 16.6 Å². The molecule has 0 aliphatic carbocycles. The summed E-state index contributed by atoms with van der Waals surface area (Å²) in [6, 6.07) is 15.4. The fourth-order valence-electron chi connectivity index (χ4n) is 2.58. The van der Waals surface area contributed by atoms with Crippen molar-refractivity contribution in [2.75, 3.05) is 6.61 Å². The fraction of sp³-hybridized carbons (Fsp3) is 0.222. The van der Waals surface area contributed by atoms with E-state index < -0.39 is 6.04 Å². The van der Waals surface area contributed by atoms with Gasteiger partial charge in [-0.25, -0.2) is 4.68 Å². The van der Waals surface area contributed by atoms with Crippen LogP contribution in [0.15, 0.2) is 54.7 Å². The zero-order valence-electron chi connectivity index (χ0n) is 13.0. The van der Waals surface area contributed by atoms with E-state index in [2.05, 4.69) is 5.10 Å². The van der Waals surface area contributed by atoms with Crippen molar-refractivity contribution in [3.63, 3.8) is 0 Å². The van der Waals surface area contributed by atoms with Gasteiger partial charge in [0.1, 0.15) is 0 Å². The Bertz CT molecular complexity index is 826. The highest BCUT2D eigenvalue weighted by atomic mass is 16.5. The molecule has 0 aliphatic rings. The van der Waals surface area contributed by atoms with Crippen molar-refractivity contribution in [1.29, 1.82) is 0 Å². The Morgan fingerprint density at radius 2 is 2.09 bits per heavy atom. The third kappa shape index (κ3) is 3.24. The number of ether oxygens (including phenoxy) is 1. The lowest BCUT2D eigenvalue weighted by Gasteiger charge is -2.13. The number of benzene rings is 2. The summed E-state index contributed by atoms with van der Waals surface area (Å²) >= 11 is 0. The molecule has 0 spiro atoms. The predicted molar refractivity (Wildman–Crippen MR) is 89.2 cm³/mol. The second-order valence-electron chi connectivity index (χ2n) is 5.33. The third-order valence-corrected chi connectivity index (χ3v) is 3.71. The molecule has 118 valence electrons. The van der Waals surface area contributed by atoms with Crippen LogP contribution in [0.4, 0.5) is 0 Å². The molecule has 2 N–H and O–H groups in total. The largest absolute Gasteiger partial charge is 0.466 e. The Labute approximate surface area is 134 Å². The van der Waals surface area contributed by atoms with Crippen molar-refractivity contribution in [2.45, 2.75) is 19.4 Å². The second kappa shape index (κ2) is 6.62. The molecule has 1 heterocycles. The minimum Gasteiger partial charge on any atom is -0.466 e. The monoisotopic (exact) mass is 309 g/mol. The van der Waals surface area contributed by atoms with E-state index in [9.17, 15) is 4.79 Å². The van der Waals surface area contributed by atoms with Gasteiger partial charge >= 0.3 is 5.97 Å². The van der Waals surface area contributed by atoms with Crippen LogP contribution in [0.5, 0.6) is 0 Å². The van der Waals surface area contributed by atoms with Gasteiger partial charge in [0, 0.05) is 11.4 Å². The van der Waals surface area contributed by atoms with Gasteiger partial charge in [-0.1, -0.05) is 30.3 Å². The van der Waals surface area contributed by atoms with Gasteiger partial charge in [-0.3, -0.25) is 4.79 Å². The number of nitrogens with zero attached hydrogens (tertiary/aromatic N) is 2. The smallest absolute Gasteiger partial charge is 0.307 e. The fourth-order valence-corrected chi connectivity index (χ4v) is 2.58. The Hall–Kier alpha value is -2.66. The standard InChI is InChI=1S/C18H19N3O2/c1-2-23-18(22)11-16(19)13-7-5-8-15(10-13)21-17-9-4-3-6-14(17)12-20-21/h3-10,12,16H,2,11,19H2,1H3. The number of fused-ring (bicyclic) bond motifs is 1. The van der Waals surface area contributed by atoms with Crippen molar-refractivity contribution >= 4 is 16.9 Å². The SMILES string of the molecule is CCOC(=O)CC(N)c1cccc(-n2ncc3ccccc32)c1. The number of hydrogen-bond acceptors (Lipinski definition) is 4. The second-order valence-corrected chi connectivity index (χ2v) is 5.33. The maximum absolute atomic E-state index is 11.6. The van der Waals surface area contributed by atoms with Gasteiger partial charge < -0.3 is 10.5 Å². The van der Waals surface area contributed by atoms with Crippen LogP contribution in [0.1, 0.15) is 24.9 Å². The van der Waals surface area contributed by atoms with Gasteiger partial charge in [-0.15, -0.1) is 0 Å². The van der Waals surface area contributed by atoms with E-state index in [-0.39, 0.29) is 12.4 Å². The lowest BCUT2D eigenvalue weighted by molar-refractivity contribution is -0.143. The molecule has 0 fully saturated rings. The van der Waals surface area contributed by atoms with Crippen LogP contribution in [0, 0.1) is 0 Å². The van der Waals surface area contributed by atoms with E-state index in [1.54, 1.807) is 6.92 Å². The number of carbonyl (C=O) groups excluding carboxylic acids is 1. The normalized spacial score (nSPS) is 12.3. The lowest BCUT2D eigenvalue weighted by atomic mass is 10.0. The molecule has 0 radical (unpaired) electrons. The molecule has 0 saturated carbocycles. The predicted octanol–water partition coefficient (Wildman–Crippen LogP) is 2.98. The summed E-state index contributed by atoms with van der Waals surface area (Å²) in [6.45, 7) is 2.15. The summed E-state index contributed by atoms with van der Waals surface area (Å²) < 4.78 is 6.83. The summed E-state index contributed by atoms with van der Waals surface area (Å²) in [5, 5.41) is 5.52. The molecular formula is C18H19N3O2. The first-order valence-corrected chi connectivity index (χ1v) is 7.63. The number of nitrogens with two attached hydrogens (primary N) is 1. The first-order chi connectivity index (χ1) is 11.2. The van der Waals surface area contributed by atoms with Crippen molar-refractivity contribution in [3.8, 4) is 5.69 Å². The Morgan fingerprint density at radius 3 is 2.91 bits per heavy atom. The van der Waals surface area contributed by atoms with Crippen molar-refractivity contribution in [1.82, 2.24) is 9.78 Å². The number of carbonyl (C=O) groups is 1. The van der Waals surface area contributed by atoms with E-state index in [1.165, 1.54) is 0 Å². The number of rotatable bonds is 5. The zero-order valence-corrected chi connectivity index (χ0v) is 13.0. The lowest BCUT2D eigenvalue weighted by Crippen LogP contribution is -2.17. The topological polar surface area (TPSA) is 70.1 Å². The molecule has 0 aliphatic heterocycles.